The molecule has 2 atom stereocenters. The second-order valence-corrected chi connectivity index (χ2v) is 5.43. The van der Waals surface area contributed by atoms with E-state index < -0.39 is 6.04 Å². The highest BCUT2D eigenvalue weighted by atomic mass is 16.2. The summed E-state index contributed by atoms with van der Waals surface area (Å²) in [4.78, 5) is 13.8. The summed E-state index contributed by atoms with van der Waals surface area (Å²) in [6.45, 7) is 10.2. The Morgan fingerprint density at radius 2 is 1.87 bits per heavy atom. The number of hydrogen-bond acceptors (Lipinski definition) is 2. The van der Waals surface area contributed by atoms with Crippen LogP contribution in [-0.4, -0.2) is 29.9 Å². The second-order valence-electron chi connectivity index (χ2n) is 5.43. The average molecular weight is 214 g/mol. The molecule has 0 fully saturated rings. The van der Waals surface area contributed by atoms with E-state index in [0.717, 1.165) is 12.8 Å². The topological polar surface area (TPSA) is 46.3 Å². The van der Waals surface area contributed by atoms with Gasteiger partial charge < -0.3 is 10.6 Å². The smallest absolute Gasteiger partial charge is 0.240 e. The first-order valence-corrected chi connectivity index (χ1v) is 5.74. The van der Waals surface area contributed by atoms with E-state index in [1.54, 1.807) is 4.90 Å². The van der Waals surface area contributed by atoms with Crippen LogP contribution in [0.4, 0.5) is 0 Å². The fourth-order valence-corrected chi connectivity index (χ4v) is 1.42. The van der Waals surface area contributed by atoms with E-state index in [-0.39, 0.29) is 17.4 Å². The normalized spacial score (nSPS) is 15.9. The van der Waals surface area contributed by atoms with E-state index >= 15 is 0 Å². The molecule has 1 unspecified atom stereocenters. The monoisotopic (exact) mass is 214 g/mol. The Kier molecular flexibility index (Phi) is 5.29. The third kappa shape index (κ3) is 4.20. The van der Waals surface area contributed by atoms with Crippen LogP contribution in [0.15, 0.2) is 0 Å². The Bertz CT molecular complexity index is 208. The molecule has 0 aliphatic heterocycles. The highest BCUT2D eigenvalue weighted by Gasteiger charge is 2.30. The largest absolute Gasteiger partial charge is 0.342 e. The van der Waals surface area contributed by atoms with Crippen LogP contribution >= 0.6 is 0 Å². The van der Waals surface area contributed by atoms with Gasteiger partial charge in [0, 0.05) is 13.1 Å². The highest BCUT2D eigenvalue weighted by molar-refractivity contribution is 5.82. The van der Waals surface area contributed by atoms with Crippen molar-refractivity contribution in [1.82, 2.24) is 4.90 Å². The molecule has 2 N–H and O–H groups in total. The van der Waals surface area contributed by atoms with Crippen LogP contribution in [0.3, 0.4) is 0 Å². The summed E-state index contributed by atoms with van der Waals surface area (Å²) in [5.74, 6) is 0.0449. The Balaban J connectivity index is 4.44. The van der Waals surface area contributed by atoms with Crippen LogP contribution in [0.2, 0.25) is 0 Å². The van der Waals surface area contributed by atoms with Gasteiger partial charge in [-0.1, -0.05) is 34.1 Å². The zero-order valence-electron chi connectivity index (χ0n) is 11.0. The minimum atomic E-state index is -0.415. The molecule has 0 heterocycles. The second kappa shape index (κ2) is 5.50. The molecular formula is C12H26N2O. The van der Waals surface area contributed by atoms with Gasteiger partial charge in [-0.05, 0) is 18.8 Å². The van der Waals surface area contributed by atoms with Crippen LogP contribution in [-0.2, 0) is 4.79 Å². The van der Waals surface area contributed by atoms with E-state index in [1.165, 1.54) is 0 Å². The standard InChI is InChI=1S/C12H26N2O/c1-7-8-9(2)14(6)11(15)10(13)12(3,4)5/h9-10H,7-8,13H2,1-6H3/t9?,10-/m1/s1. The molecule has 3 heteroatoms. The zero-order valence-corrected chi connectivity index (χ0v) is 11.0. The maximum absolute atomic E-state index is 12.0. The molecule has 0 saturated heterocycles. The predicted octanol–water partition coefficient (Wildman–Crippen LogP) is 2.01. The lowest BCUT2D eigenvalue weighted by atomic mass is 9.86. The fraction of sp³-hybridized carbons (Fsp3) is 0.917. The summed E-state index contributed by atoms with van der Waals surface area (Å²) in [6.07, 6.45) is 2.11. The first kappa shape index (κ1) is 14.4. The van der Waals surface area contributed by atoms with Gasteiger partial charge in [-0.25, -0.2) is 0 Å². The summed E-state index contributed by atoms with van der Waals surface area (Å²) in [5.41, 5.74) is 5.77. The molecule has 0 spiro atoms. The van der Waals surface area contributed by atoms with Crippen molar-refractivity contribution in [3.8, 4) is 0 Å². The molecule has 0 rings (SSSR count). The molecule has 0 radical (unpaired) electrons. The van der Waals surface area contributed by atoms with Crippen molar-refractivity contribution in [3.63, 3.8) is 0 Å². The molecule has 0 saturated carbocycles. The number of amides is 1. The van der Waals surface area contributed by atoms with Crippen molar-refractivity contribution in [1.29, 1.82) is 0 Å². The number of carbonyl (C=O) groups excluding carboxylic acids is 1. The molecular weight excluding hydrogens is 188 g/mol. The highest BCUT2D eigenvalue weighted by Crippen LogP contribution is 2.19. The third-order valence-corrected chi connectivity index (χ3v) is 2.91. The van der Waals surface area contributed by atoms with Gasteiger partial charge in [0.05, 0.1) is 6.04 Å². The molecule has 0 aliphatic rings. The van der Waals surface area contributed by atoms with Crippen LogP contribution in [0, 0.1) is 5.41 Å². The van der Waals surface area contributed by atoms with Gasteiger partial charge in [0.2, 0.25) is 5.91 Å². The van der Waals surface area contributed by atoms with E-state index in [0.29, 0.717) is 0 Å². The SMILES string of the molecule is CCCC(C)N(C)C(=O)[C@@H](N)C(C)(C)C. The van der Waals surface area contributed by atoms with Crippen LogP contribution in [0.25, 0.3) is 0 Å². The molecule has 0 bridgehead atoms. The van der Waals surface area contributed by atoms with E-state index in [4.69, 9.17) is 5.73 Å². The number of hydrogen-bond donors (Lipinski definition) is 1. The molecule has 0 aromatic heterocycles. The van der Waals surface area contributed by atoms with Crippen LogP contribution in [0.1, 0.15) is 47.5 Å². The van der Waals surface area contributed by atoms with Crippen molar-refractivity contribution in [2.45, 2.75) is 59.5 Å². The average Bonchev–Trinajstić information content (AvgIpc) is 2.13. The van der Waals surface area contributed by atoms with Gasteiger partial charge in [-0.3, -0.25) is 4.79 Å². The summed E-state index contributed by atoms with van der Waals surface area (Å²) < 4.78 is 0. The summed E-state index contributed by atoms with van der Waals surface area (Å²) in [5, 5.41) is 0. The van der Waals surface area contributed by atoms with Crippen LogP contribution < -0.4 is 5.73 Å². The Morgan fingerprint density at radius 1 is 1.40 bits per heavy atom. The quantitative estimate of drug-likeness (QED) is 0.778. The number of rotatable bonds is 4. The summed E-state index contributed by atoms with van der Waals surface area (Å²) >= 11 is 0. The summed E-state index contributed by atoms with van der Waals surface area (Å²) in [7, 11) is 1.84. The van der Waals surface area contributed by atoms with Crippen molar-refractivity contribution in [2.75, 3.05) is 7.05 Å². The van der Waals surface area contributed by atoms with Crippen molar-refractivity contribution >= 4 is 5.91 Å². The molecule has 1 amide bonds. The molecule has 90 valence electrons. The molecule has 0 aromatic rings. The number of nitrogens with zero attached hydrogens (tertiary/aromatic N) is 1. The summed E-state index contributed by atoms with van der Waals surface area (Å²) in [6, 6.07) is -0.141. The predicted molar refractivity (Wildman–Crippen MR) is 64.6 cm³/mol. The first-order chi connectivity index (χ1) is 6.71. The third-order valence-electron chi connectivity index (χ3n) is 2.91. The van der Waals surface area contributed by atoms with Gasteiger partial charge in [0.25, 0.3) is 0 Å². The zero-order chi connectivity index (χ0) is 12.2. The van der Waals surface area contributed by atoms with Crippen molar-refractivity contribution < 1.29 is 4.79 Å². The van der Waals surface area contributed by atoms with Gasteiger partial charge in [-0.2, -0.15) is 0 Å². The minimum absolute atomic E-state index is 0.0449. The maximum atomic E-state index is 12.0. The number of likely N-dealkylation sites (N-methyl/N-ethyl adjacent to an activating group) is 1. The molecule has 0 aromatic carbocycles. The van der Waals surface area contributed by atoms with E-state index in [9.17, 15) is 4.79 Å². The van der Waals surface area contributed by atoms with E-state index in [1.807, 2.05) is 27.8 Å². The fourth-order valence-electron chi connectivity index (χ4n) is 1.42. The Hall–Kier alpha value is -0.570. The molecule has 15 heavy (non-hydrogen) atoms. The first-order valence-electron chi connectivity index (χ1n) is 5.74. The van der Waals surface area contributed by atoms with E-state index in [2.05, 4.69) is 13.8 Å². The van der Waals surface area contributed by atoms with Gasteiger partial charge >= 0.3 is 0 Å². The van der Waals surface area contributed by atoms with Gasteiger partial charge in [0.1, 0.15) is 0 Å². The minimum Gasteiger partial charge on any atom is -0.342 e. The Morgan fingerprint density at radius 3 is 2.20 bits per heavy atom. The van der Waals surface area contributed by atoms with Gasteiger partial charge in [-0.15, -0.1) is 0 Å². The lowest BCUT2D eigenvalue weighted by Crippen LogP contribution is -2.51. The number of nitrogens with two attached hydrogens (primary N) is 1. The van der Waals surface area contributed by atoms with Gasteiger partial charge in [0.15, 0.2) is 0 Å². The maximum Gasteiger partial charge on any atom is 0.240 e. The van der Waals surface area contributed by atoms with Crippen LogP contribution in [0.5, 0.6) is 0 Å². The Labute approximate surface area is 94.0 Å². The molecule has 3 nitrogen and oxygen atoms in total. The van der Waals surface area contributed by atoms with Crippen molar-refractivity contribution in [2.24, 2.45) is 11.1 Å². The lowest BCUT2D eigenvalue weighted by Gasteiger charge is -2.33. The lowest BCUT2D eigenvalue weighted by molar-refractivity contribution is -0.135. The molecule has 0 aliphatic carbocycles. The number of carbonyl (C=O) groups is 1. The van der Waals surface area contributed by atoms with Crippen molar-refractivity contribution in [3.05, 3.63) is 0 Å².